The molecule has 0 saturated carbocycles. The van der Waals surface area contributed by atoms with E-state index in [9.17, 15) is 9.59 Å². The van der Waals surface area contributed by atoms with Crippen LogP contribution in [0.3, 0.4) is 0 Å². The minimum Gasteiger partial charge on any atom is -0.323 e. The molecule has 0 aliphatic carbocycles. The first kappa shape index (κ1) is 11.8. The number of oxime groups is 1. The third kappa shape index (κ3) is 2.62. The van der Waals surface area contributed by atoms with E-state index in [0.29, 0.717) is 5.17 Å². The highest BCUT2D eigenvalue weighted by Gasteiger charge is 2.34. The molecule has 2 amide bonds. The molecule has 84 valence electrons. The zero-order valence-corrected chi connectivity index (χ0v) is 9.63. The van der Waals surface area contributed by atoms with E-state index in [0.717, 1.165) is 6.42 Å². The van der Waals surface area contributed by atoms with Gasteiger partial charge < -0.3 is 5.32 Å². The summed E-state index contributed by atoms with van der Waals surface area (Å²) in [5, 5.41) is 6.14. The van der Waals surface area contributed by atoms with Crippen molar-refractivity contribution in [3.63, 3.8) is 0 Å². The van der Waals surface area contributed by atoms with Crippen LogP contribution in [-0.2, 0) is 9.63 Å². The van der Waals surface area contributed by atoms with Crippen LogP contribution < -0.4 is 5.32 Å². The molecule has 1 rings (SSSR count). The van der Waals surface area contributed by atoms with Crippen molar-refractivity contribution < 1.29 is 14.4 Å². The second-order valence-electron chi connectivity index (χ2n) is 2.91. The fraction of sp³-hybridized carbons (Fsp3) is 0.625. The molecule has 1 N–H and O–H groups in total. The summed E-state index contributed by atoms with van der Waals surface area (Å²) in [6.45, 7) is 1.92. The van der Waals surface area contributed by atoms with Gasteiger partial charge in [0.25, 0.3) is 0 Å². The number of nitrogens with zero attached hydrogens (tertiary/aromatic N) is 2. The first-order valence-electron chi connectivity index (χ1n) is 4.51. The summed E-state index contributed by atoms with van der Waals surface area (Å²) >= 11 is 1.30. The maximum absolute atomic E-state index is 11.5. The van der Waals surface area contributed by atoms with Gasteiger partial charge in [-0.15, -0.1) is 0 Å². The van der Waals surface area contributed by atoms with E-state index in [4.69, 9.17) is 0 Å². The van der Waals surface area contributed by atoms with Gasteiger partial charge in [0, 0.05) is 14.1 Å². The van der Waals surface area contributed by atoms with Crippen LogP contribution in [-0.4, -0.2) is 41.4 Å². The molecule has 15 heavy (non-hydrogen) atoms. The van der Waals surface area contributed by atoms with Crippen molar-refractivity contribution in [1.82, 2.24) is 10.2 Å². The van der Waals surface area contributed by atoms with Gasteiger partial charge in [-0.2, -0.15) is 0 Å². The Labute approximate surface area is 92.0 Å². The lowest BCUT2D eigenvalue weighted by Crippen LogP contribution is -2.28. The van der Waals surface area contributed by atoms with Gasteiger partial charge in [0.15, 0.2) is 0 Å². The molecule has 0 spiro atoms. The van der Waals surface area contributed by atoms with Gasteiger partial charge in [-0.1, -0.05) is 18.7 Å². The van der Waals surface area contributed by atoms with Crippen LogP contribution in [0, 0.1) is 0 Å². The van der Waals surface area contributed by atoms with Crippen LogP contribution in [0.4, 0.5) is 4.79 Å². The average molecular weight is 231 g/mol. The van der Waals surface area contributed by atoms with E-state index in [1.807, 2.05) is 6.92 Å². The number of amides is 2. The summed E-state index contributed by atoms with van der Waals surface area (Å²) < 4.78 is 0. The molecular formula is C8H13N3O3S. The quantitative estimate of drug-likeness (QED) is 0.558. The van der Waals surface area contributed by atoms with Crippen LogP contribution in [0.1, 0.15) is 13.3 Å². The first-order valence-corrected chi connectivity index (χ1v) is 5.39. The van der Waals surface area contributed by atoms with E-state index >= 15 is 0 Å². The molecule has 1 fully saturated rings. The van der Waals surface area contributed by atoms with Gasteiger partial charge >= 0.3 is 6.09 Å². The number of hydrogen-bond donors (Lipinski definition) is 1. The fourth-order valence-corrected chi connectivity index (χ4v) is 2.04. The van der Waals surface area contributed by atoms with Crippen molar-refractivity contribution in [3.8, 4) is 0 Å². The van der Waals surface area contributed by atoms with E-state index in [1.54, 1.807) is 7.05 Å². The van der Waals surface area contributed by atoms with Crippen LogP contribution in [0.25, 0.3) is 0 Å². The van der Waals surface area contributed by atoms with Gasteiger partial charge in [0.05, 0.1) is 5.25 Å². The number of carbonyl (C=O) groups is 2. The zero-order chi connectivity index (χ0) is 11.4. The van der Waals surface area contributed by atoms with Gasteiger partial charge in [0.2, 0.25) is 11.1 Å². The van der Waals surface area contributed by atoms with E-state index in [2.05, 4.69) is 15.3 Å². The van der Waals surface area contributed by atoms with Crippen molar-refractivity contribution in [2.45, 2.75) is 18.6 Å². The summed E-state index contributed by atoms with van der Waals surface area (Å²) in [5.74, 6) is -0.0123. The standard InChI is InChI=1S/C8H13N3O3S/c1-4-5-6(12)11(3)7(15-5)10-14-8(13)9-2/h5H,4H2,1-3H3,(H,9,13). The zero-order valence-electron chi connectivity index (χ0n) is 8.81. The Morgan fingerprint density at radius 2 is 2.40 bits per heavy atom. The minimum atomic E-state index is -0.649. The van der Waals surface area contributed by atoms with Gasteiger partial charge in [-0.3, -0.25) is 14.5 Å². The molecule has 1 saturated heterocycles. The largest absolute Gasteiger partial charge is 0.433 e. The predicted molar refractivity (Wildman–Crippen MR) is 57.4 cm³/mol. The summed E-state index contributed by atoms with van der Waals surface area (Å²) in [6.07, 6.45) is 0.0798. The third-order valence-electron chi connectivity index (χ3n) is 1.92. The normalized spacial score (nSPS) is 23.4. The maximum Gasteiger partial charge on any atom is 0.433 e. The number of hydrogen-bond acceptors (Lipinski definition) is 5. The molecule has 0 aromatic carbocycles. The Morgan fingerprint density at radius 1 is 1.73 bits per heavy atom. The minimum absolute atomic E-state index is 0.0123. The van der Waals surface area contributed by atoms with Crippen molar-refractivity contribution >= 4 is 28.9 Å². The van der Waals surface area contributed by atoms with E-state index in [-0.39, 0.29) is 11.2 Å². The lowest BCUT2D eigenvalue weighted by molar-refractivity contribution is -0.125. The molecule has 6 nitrogen and oxygen atoms in total. The molecule has 1 heterocycles. The second kappa shape index (κ2) is 5.01. The molecule has 0 radical (unpaired) electrons. The van der Waals surface area contributed by atoms with Crippen molar-refractivity contribution in [2.24, 2.45) is 5.16 Å². The summed E-state index contributed by atoms with van der Waals surface area (Å²) in [5.41, 5.74) is 0. The van der Waals surface area contributed by atoms with Gasteiger partial charge in [0.1, 0.15) is 0 Å². The SMILES string of the molecule is CCC1SC(=NOC(=O)NC)N(C)C1=O. The molecule has 0 aromatic rings. The molecule has 0 aromatic heterocycles. The van der Waals surface area contributed by atoms with Crippen molar-refractivity contribution in [2.75, 3.05) is 14.1 Å². The van der Waals surface area contributed by atoms with Gasteiger partial charge in [-0.05, 0) is 11.6 Å². The smallest absolute Gasteiger partial charge is 0.323 e. The molecule has 7 heteroatoms. The highest BCUT2D eigenvalue weighted by atomic mass is 32.2. The topological polar surface area (TPSA) is 71.0 Å². The molecular weight excluding hydrogens is 218 g/mol. The molecule has 1 unspecified atom stereocenters. The molecule has 0 bridgehead atoms. The second-order valence-corrected chi connectivity index (χ2v) is 4.08. The van der Waals surface area contributed by atoms with Crippen LogP contribution in [0.2, 0.25) is 0 Å². The Balaban J connectivity index is 2.64. The highest BCUT2D eigenvalue weighted by molar-refractivity contribution is 8.15. The molecule has 1 atom stereocenters. The number of thioether (sulfide) groups is 1. The summed E-state index contributed by atoms with van der Waals surface area (Å²) in [7, 11) is 3.05. The number of carbonyl (C=O) groups excluding carboxylic acids is 2. The van der Waals surface area contributed by atoms with Crippen LogP contribution >= 0.6 is 11.8 Å². The summed E-state index contributed by atoms with van der Waals surface area (Å²) in [4.78, 5) is 28.2. The Bertz CT molecular complexity index is 306. The highest BCUT2D eigenvalue weighted by Crippen LogP contribution is 2.27. The predicted octanol–water partition coefficient (Wildman–Crippen LogP) is 0.597. The Kier molecular flexibility index (Phi) is 3.96. The number of amidine groups is 1. The first-order chi connectivity index (χ1) is 7.10. The lowest BCUT2D eigenvalue weighted by atomic mass is 10.3. The monoisotopic (exact) mass is 231 g/mol. The van der Waals surface area contributed by atoms with Gasteiger partial charge in [-0.25, -0.2) is 4.79 Å². The van der Waals surface area contributed by atoms with E-state index < -0.39 is 6.09 Å². The number of nitrogens with one attached hydrogen (secondary N) is 1. The molecule has 1 aliphatic rings. The van der Waals surface area contributed by atoms with Crippen molar-refractivity contribution in [3.05, 3.63) is 0 Å². The molecule has 1 aliphatic heterocycles. The van der Waals surface area contributed by atoms with E-state index in [1.165, 1.54) is 23.7 Å². The average Bonchev–Trinajstić information content (AvgIpc) is 2.52. The Morgan fingerprint density at radius 3 is 2.87 bits per heavy atom. The summed E-state index contributed by atoms with van der Waals surface area (Å²) in [6, 6.07) is 0. The fourth-order valence-electron chi connectivity index (χ4n) is 1.03. The van der Waals surface area contributed by atoms with Crippen LogP contribution in [0.5, 0.6) is 0 Å². The maximum atomic E-state index is 11.5. The lowest BCUT2D eigenvalue weighted by Gasteiger charge is -2.06. The van der Waals surface area contributed by atoms with Crippen molar-refractivity contribution in [1.29, 1.82) is 0 Å². The Hall–Kier alpha value is -1.24. The number of rotatable bonds is 2. The van der Waals surface area contributed by atoms with Crippen LogP contribution in [0.15, 0.2) is 5.16 Å². The third-order valence-corrected chi connectivity index (χ3v) is 3.30.